The fourth-order valence-corrected chi connectivity index (χ4v) is 4.52. The molecule has 206 valence electrons. The van der Waals surface area contributed by atoms with Crippen LogP contribution in [-0.4, -0.2) is 50.6 Å². The van der Waals surface area contributed by atoms with Gasteiger partial charge in [-0.1, -0.05) is 42.5 Å². The number of nitrogens with zero attached hydrogens (tertiary/aromatic N) is 2. The number of aliphatic hydroxyl groups is 1. The molecule has 1 aliphatic heterocycles. The second kappa shape index (κ2) is 11.9. The number of nitrogens with one attached hydrogen (secondary N) is 1. The van der Waals surface area contributed by atoms with Crippen LogP contribution in [-0.2, 0) is 10.0 Å². The second-order valence-corrected chi connectivity index (χ2v) is 9.85. The summed E-state index contributed by atoms with van der Waals surface area (Å²) in [6.45, 7) is -0.382. The van der Waals surface area contributed by atoms with E-state index in [0.717, 1.165) is 5.41 Å². The molecule has 1 aromatic heterocycles. The molecule has 3 aromatic carbocycles. The lowest BCUT2D eigenvalue weighted by Gasteiger charge is -2.17. The van der Waals surface area contributed by atoms with Crippen LogP contribution >= 0.6 is 0 Å². The second-order valence-electron chi connectivity index (χ2n) is 8.28. The third-order valence-electron chi connectivity index (χ3n) is 5.55. The Morgan fingerprint density at radius 1 is 0.975 bits per heavy atom. The zero-order valence-corrected chi connectivity index (χ0v) is 22.1. The van der Waals surface area contributed by atoms with Gasteiger partial charge >= 0.3 is 0 Å². The van der Waals surface area contributed by atoms with Crippen molar-refractivity contribution in [3.8, 4) is 46.0 Å². The van der Waals surface area contributed by atoms with Crippen molar-refractivity contribution in [2.24, 2.45) is 0 Å². The molecule has 5 rings (SSSR count). The average Bonchev–Trinajstić information content (AvgIpc) is 3.45. The van der Waals surface area contributed by atoms with Crippen LogP contribution in [0.2, 0.25) is 0 Å². The fourth-order valence-electron chi connectivity index (χ4n) is 3.71. The number of rotatable bonds is 11. The largest absolute Gasteiger partial charge is 0.493 e. The van der Waals surface area contributed by atoms with Crippen LogP contribution in [0.15, 0.2) is 78.2 Å². The van der Waals surface area contributed by atoms with Crippen molar-refractivity contribution in [2.45, 2.75) is 0 Å². The highest BCUT2D eigenvalue weighted by Crippen LogP contribution is 2.42. The van der Waals surface area contributed by atoms with Crippen molar-refractivity contribution in [3.63, 3.8) is 0 Å². The SMILES string of the molecule is COc1ccccc1Oc1c(NS(=O)(=O)/C=C/c2ccccc2)nc(-c2ccc3c(c2)OCO3)nc1OCCO. The molecule has 0 unspecified atom stereocenters. The molecule has 0 amide bonds. The standard InChI is InChI=1S/C28H25N3O8S/c1-35-21-9-5-6-10-23(21)39-25-27(31-40(33,34)16-13-19-7-3-2-4-8-19)29-26(30-28(25)36-15-14-32)20-11-12-22-24(17-20)38-18-37-22/h2-13,16-17,32H,14-15,18H2,1H3,(H,29,30,31)/b16-13+. The van der Waals surface area contributed by atoms with Gasteiger partial charge in [-0.3, -0.25) is 4.72 Å². The number of methoxy groups -OCH3 is 1. The van der Waals surface area contributed by atoms with E-state index in [2.05, 4.69) is 14.7 Å². The summed E-state index contributed by atoms with van der Waals surface area (Å²) in [5, 5.41) is 10.5. The topological polar surface area (TPSA) is 138 Å². The lowest BCUT2D eigenvalue weighted by molar-refractivity contribution is 0.174. The van der Waals surface area contributed by atoms with Gasteiger partial charge in [-0.05, 0) is 42.0 Å². The number of fused-ring (bicyclic) bond motifs is 1. The highest BCUT2D eigenvalue weighted by atomic mass is 32.2. The van der Waals surface area contributed by atoms with Crippen LogP contribution in [0, 0.1) is 0 Å². The Labute approximate surface area is 230 Å². The van der Waals surface area contributed by atoms with Crippen LogP contribution in [0.25, 0.3) is 17.5 Å². The van der Waals surface area contributed by atoms with Gasteiger partial charge in [0.25, 0.3) is 15.9 Å². The normalized spacial score (nSPS) is 12.3. The summed E-state index contributed by atoms with van der Waals surface area (Å²) in [5.74, 6) is 1.38. The molecule has 4 aromatic rings. The molecular formula is C28H25N3O8S. The lowest BCUT2D eigenvalue weighted by Crippen LogP contribution is -2.14. The highest BCUT2D eigenvalue weighted by molar-refractivity contribution is 7.95. The number of benzene rings is 3. The van der Waals surface area contributed by atoms with E-state index >= 15 is 0 Å². The van der Waals surface area contributed by atoms with E-state index in [0.29, 0.717) is 28.4 Å². The minimum atomic E-state index is -4.09. The number of aromatic nitrogens is 2. The first-order chi connectivity index (χ1) is 19.5. The monoisotopic (exact) mass is 563 g/mol. The number of para-hydroxylation sites is 2. The number of aliphatic hydroxyl groups excluding tert-OH is 1. The number of hydrogen-bond acceptors (Lipinski definition) is 10. The number of sulfonamides is 1. The van der Waals surface area contributed by atoms with Gasteiger partial charge in [0.2, 0.25) is 12.5 Å². The highest BCUT2D eigenvalue weighted by Gasteiger charge is 2.24. The van der Waals surface area contributed by atoms with E-state index in [1.165, 1.54) is 13.2 Å². The maximum absolute atomic E-state index is 13.2. The minimum Gasteiger partial charge on any atom is -0.493 e. The Morgan fingerprint density at radius 2 is 1.73 bits per heavy atom. The number of hydrogen-bond donors (Lipinski definition) is 2. The Balaban J connectivity index is 1.61. The number of anilines is 1. The van der Waals surface area contributed by atoms with Gasteiger partial charge in [0.05, 0.1) is 19.1 Å². The predicted octanol–water partition coefficient (Wildman–Crippen LogP) is 4.46. The molecular weight excluding hydrogens is 538 g/mol. The van der Waals surface area contributed by atoms with Crippen LogP contribution < -0.4 is 28.4 Å². The summed E-state index contributed by atoms with van der Waals surface area (Å²) in [6, 6.07) is 20.8. The van der Waals surface area contributed by atoms with Crippen molar-refractivity contribution in [1.29, 1.82) is 0 Å². The van der Waals surface area contributed by atoms with Crippen molar-refractivity contribution in [3.05, 3.63) is 83.8 Å². The summed E-state index contributed by atoms with van der Waals surface area (Å²) in [7, 11) is -2.62. The third-order valence-corrected chi connectivity index (χ3v) is 6.53. The summed E-state index contributed by atoms with van der Waals surface area (Å²) in [6.07, 6.45) is 1.45. The van der Waals surface area contributed by atoms with E-state index in [4.69, 9.17) is 23.7 Å². The van der Waals surface area contributed by atoms with Gasteiger partial charge in [-0.2, -0.15) is 4.98 Å². The lowest BCUT2D eigenvalue weighted by atomic mass is 10.2. The van der Waals surface area contributed by atoms with Crippen molar-refractivity contribution >= 4 is 21.9 Å². The molecule has 0 fully saturated rings. The summed E-state index contributed by atoms with van der Waals surface area (Å²) < 4.78 is 56.8. The maximum atomic E-state index is 13.2. The molecule has 0 saturated heterocycles. The molecule has 0 bridgehead atoms. The molecule has 0 spiro atoms. The van der Waals surface area contributed by atoms with Crippen LogP contribution in [0.5, 0.6) is 34.6 Å². The fraction of sp³-hybridized carbons (Fsp3) is 0.143. The van der Waals surface area contributed by atoms with Gasteiger partial charge in [0, 0.05) is 5.56 Å². The molecule has 2 N–H and O–H groups in total. The third kappa shape index (κ3) is 6.25. The van der Waals surface area contributed by atoms with E-state index in [1.807, 2.05) is 6.07 Å². The van der Waals surface area contributed by atoms with Gasteiger partial charge in [-0.25, -0.2) is 13.4 Å². The first-order valence-corrected chi connectivity index (χ1v) is 13.6. The quantitative estimate of drug-likeness (QED) is 0.269. The molecule has 40 heavy (non-hydrogen) atoms. The molecule has 12 heteroatoms. The zero-order chi connectivity index (χ0) is 28.0. The first-order valence-electron chi connectivity index (χ1n) is 12.1. The molecule has 0 atom stereocenters. The summed E-state index contributed by atoms with van der Waals surface area (Å²) in [5.41, 5.74) is 1.19. The van der Waals surface area contributed by atoms with Gasteiger partial charge in [0.1, 0.15) is 6.61 Å². The van der Waals surface area contributed by atoms with E-state index in [1.54, 1.807) is 66.7 Å². The number of ether oxygens (including phenoxy) is 5. The van der Waals surface area contributed by atoms with Crippen LogP contribution in [0.3, 0.4) is 0 Å². The zero-order valence-electron chi connectivity index (χ0n) is 21.3. The van der Waals surface area contributed by atoms with Crippen LogP contribution in [0.4, 0.5) is 5.82 Å². The first kappa shape index (κ1) is 26.8. The molecule has 0 aliphatic carbocycles. The van der Waals surface area contributed by atoms with E-state index in [9.17, 15) is 13.5 Å². The summed E-state index contributed by atoms with van der Waals surface area (Å²) in [4.78, 5) is 8.97. The Morgan fingerprint density at radius 3 is 2.50 bits per heavy atom. The molecule has 0 radical (unpaired) electrons. The molecule has 0 saturated carbocycles. The van der Waals surface area contributed by atoms with Gasteiger partial charge < -0.3 is 28.8 Å². The van der Waals surface area contributed by atoms with Crippen molar-refractivity contribution in [1.82, 2.24) is 9.97 Å². The molecule has 11 nitrogen and oxygen atoms in total. The van der Waals surface area contributed by atoms with Crippen molar-refractivity contribution in [2.75, 3.05) is 31.8 Å². The Hall–Kier alpha value is -4.81. The van der Waals surface area contributed by atoms with Crippen LogP contribution in [0.1, 0.15) is 5.56 Å². The Kier molecular flexibility index (Phi) is 7.99. The van der Waals surface area contributed by atoms with Gasteiger partial charge in [-0.15, -0.1) is 0 Å². The molecule has 2 heterocycles. The van der Waals surface area contributed by atoms with Crippen molar-refractivity contribution < 1.29 is 37.2 Å². The minimum absolute atomic E-state index is 0.0784. The van der Waals surface area contributed by atoms with Gasteiger partial charge in [0.15, 0.2) is 34.6 Å². The van der Waals surface area contributed by atoms with E-state index in [-0.39, 0.29) is 49.0 Å². The smallest absolute Gasteiger partial charge is 0.263 e. The maximum Gasteiger partial charge on any atom is 0.263 e. The Bertz CT molecular complexity index is 1630. The summed E-state index contributed by atoms with van der Waals surface area (Å²) >= 11 is 0. The van der Waals surface area contributed by atoms with E-state index < -0.39 is 10.0 Å². The molecule has 1 aliphatic rings. The predicted molar refractivity (Wildman–Crippen MR) is 147 cm³/mol. The average molecular weight is 564 g/mol.